The van der Waals surface area contributed by atoms with Crippen molar-refractivity contribution >= 4 is 5.91 Å². The molecule has 8 nitrogen and oxygen atoms in total. The molecule has 0 aliphatic carbocycles. The van der Waals surface area contributed by atoms with E-state index in [0.29, 0.717) is 24.2 Å². The van der Waals surface area contributed by atoms with E-state index in [4.69, 9.17) is 14.0 Å². The molecule has 1 spiro atoms. The average Bonchev–Trinajstić information content (AvgIpc) is 3.31. The van der Waals surface area contributed by atoms with Gasteiger partial charge < -0.3 is 23.5 Å². The highest BCUT2D eigenvalue weighted by Gasteiger charge is 2.41. The summed E-state index contributed by atoms with van der Waals surface area (Å²) in [6, 6.07) is 3.78. The van der Waals surface area contributed by atoms with Crippen molar-refractivity contribution in [3.8, 4) is 0 Å². The second kappa shape index (κ2) is 8.05. The van der Waals surface area contributed by atoms with Gasteiger partial charge in [0, 0.05) is 46.5 Å². The SMILES string of the molecule is COCc1noc(CC2CCOC3(CCN(C(=O)c4cccn4C)CC3)C2)n1. The molecule has 0 bridgehead atoms. The van der Waals surface area contributed by atoms with Crippen LogP contribution in [0.15, 0.2) is 22.9 Å². The predicted octanol–water partition coefficient (Wildman–Crippen LogP) is 2.20. The fourth-order valence-electron chi connectivity index (χ4n) is 4.42. The lowest BCUT2D eigenvalue weighted by Gasteiger charge is -2.46. The first-order chi connectivity index (χ1) is 13.6. The lowest BCUT2D eigenvalue weighted by Crippen LogP contribution is -2.51. The van der Waals surface area contributed by atoms with Crippen molar-refractivity contribution in [2.75, 3.05) is 26.8 Å². The highest BCUT2D eigenvalue weighted by molar-refractivity contribution is 5.92. The fourth-order valence-corrected chi connectivity index (χ4v) is 4.42. The van der Waals surface area contributed by atoms with E-state index in [2.05, 4.69) is 10.1 Å². The third kappa shape index (κ3) is 3.98. The number of methoxy groups -OCH3 is 1. The molecule has 2 saturated heterocycles. The molecule has 8 heteroatoms. The molecule has 1 atom stereocenters. The first-order valence-electron chi connectivity index (χ1n) is 9.93. The summed E-state index contributed by atoms with van der Waals surface area (Å²) in [6.45, 7) is 2.58. The summed E-state index contributed by atoms with van der Waals surface area (Å²) in [5.74, 6) is 1.82. The van der Waals surface area contributed by atoms with Crippen LogP contribution in [0, 0.1) is 5.92 Å². The number of ether oxygens (including phenoxy) is 2. The Labute approximate surface area is 164 Å². The van der Waals surface area contributed by atoms with Crippen molar-refractivity contribution in [2.45, 2.75) is 44.3 Å². The number of aryl methyl sites for hydroxylation is 1. The molecule has 4 heterocycles. The Bertz CT molecular complexity index is 807. The lowest BCUT2D eigenvalue weighted by atomic mass is 9.78. The van der Waals surface area contributed by atoms with Crippen LogP contribution in [0.5, 0.6) is 0 Å². The maximum atomic E-state index is 12.7. The molecule has 1 amide bonds. The number of nitrogens with zero attached hydrogens (tertiary/aromatic N) is 4. The van der Waals surface area contributed by atoms with Gasteiger partial charge in [0.15, 0.2) is 5.82 Å². The summed E-state index contributed by atoms with van der Waals surface area (Å²) in [5, 5.41) is 3.95. The van der Waals surface area contributed by atoms with E-state index in [1.165, 1.54) is 0 Å². The average molecular weight is 388 g/mol. The maximum absolute atomic E-state index is 12.7. The summed E-state index contributed by atoms with van der Waals surface area (Å²) < 4.78 is 18.5. The Morgan fingerprint density at radius 3 is 2.93 bits per heavy atom. The Hall–Kier alpha value is -2.19. The number of carbonyl (C=O) groups is 1. The third-order valence-electron chi connectivity index (χ3n) is 5.97. The fraction of sp³-hybridized carbons (Fsp3) is 0.650. The van der Waals surface area contributed by atoms with Gasteiger partial charge in [0.25, 0.3) is 5.91 Å². The van der Waals surface area contributed by atoms with Crippen molar-refractivity contribution in [3.63, 3.8) is 0 Å². The Kier molecular flexibility index (Phi) is 5.50. The second-order valence-electron chi connectivity index (χ2n) is 7.93. The van der Waals surface area contributed by atoms with Crippen LogP contribution in [0.25, 0.3) is 0 Å². The standard InChI is InChI=1S/C20H28N4O4/c1-23-8-3-4-16(23)19(25)24-9-6-20(7-10-24)13-15(5-11-27-20)12-18-21-17(14-26-2)22-28-18/h3-4,8,15H,5-7,9-14H2,1-2H3. The van der Waals surface area contributed by atoms with E-state index < -0.39 is 0 Å². The van der Waals surface area contributed by atoms with Crippen LogP contribution in [0.4, 0.5) is 0 Å². The van der Waals surface area contributed by atoms with Gasteiger partial charge >= 0.3 is 0 Å². The highest BCUT2D eigenvalue weighted by atomic mass is 16.5. The van der Waals surface area contributed by atoms with Crippen LogP contribution < -0.4 is 0 Å². The van der Waals surface area contributed by atoms with Crippen molar-refractivity contribution in [1.82, 2.24) is 19.6 Å². The number of hydrogen-bond acceptors (Lipinski definition) is 6. The van der Waals surface area contributed by atoms with Gasteiger partial charge in [-0.3, -0.25) is 4.79 Å². The second-order valence-corrected chi connectivity index (χ2v) is 7.93. The normalized spacial score (nSPS) is 21.9. The van der Waals surface area contributed by atoms with Crippen LogP contribution in [-0.2, 0) is 29.5 Å². The topological polar surface area (TPSA) is 82.6 Å². The molecule has 28 heavy (non-hydrogen) atoms. The van der Waals surface area contributed by atoms with Gasteiger partial charge in [-0.15, -0.1) is 0 Å². The van der Waals surface area contributed by atoms with Crippen molar-refractivity contribution in [1.29, 1.82) is 0 Å². The van der Waals surface area contributed by atoms with Crippen LogP contribution >= 0.6 is 0 Å². The van der Waals surface area contributed by atoms with Crippen LogP contribution in [-0.4, -0.2) is 57.9 Å². The first kappa shape index (κ1) is 19.1. The highest BCUT2D eigenvalue weighted by Crippen LogP contribution is 2.39. The van der Waals surface area contributed by atoms with Crippen LogP contribution in [0.3, 0.4) is 0 Å². The van der Waals surface area contributed by atoms with Gasteiger partial charge in [0.05, 0.1) is 5.60 Å². The minimum absolute atomic E-state index is 0.103. The molecule has 2 fully saturated rings. The molecule has 1 unspecified atom stereocenters. The van der Waals surface area contributed by atoms with Gasteiger partial charge in [-0.25, -0.2) is 0 Å². The Morgan fingerprint density at radius 2 is 2.21 bits per heavy atom. The number of piperidine rings is 1. The molecule has 0 N–H and O–H groups in total. The Morgan fingerprint density at radius 1 is 1.39 bits per heavy atom. The molecule has 0 saturated carbocycles. The molecular formula is C20H28N4O4. The molecular weight excluding hydrogens is 360 g/mol. The number of aromatic nitrogens is 3. The van der Waals surface area contributed by atoms with Gasteiger partial charge in [-0.2, -0.15) is 4.98 Å². The Balaban J connectivity index is 1.34. The monoisotopic (exact) mass is 388 g/mol. The molecule has 4 rings (SSSR count). The number of likely N-dealkylation sites (tertiary alicyclic amines) is 1. The van der Waals surface area contributed by atoms with E-state index in [1.807, 2.05) is 34.8 Å². The number of rotatable bonds is 5. The van der Waals surface area contributed by atoms with E-state index >= 15 is 0 Å². The van der Waals surface area contributed by atoms with Gasteiger partial charge in [0.2, 0.25) is 5.89 Å². The summed E-state index contributed by atoms with van der Waals surface area (Å²) in [7, 11) is 3.52. The quantitative estimate of drug-likeness (QED) is 0.781. The molecule has 2 aliphatic rings. The smallest absolute Gasteiger partial charge is 0.270 e. The summed E-state index contributed by atoms with van der Waals surface area (Å²) in [5.41, 5.74) is 0.602. The molecule has 2 aliphatic heterocycles. The predicted molar refractivity (Wildman–Crippen MR) is 101 cm³/mol. The van der Waals surface area contributed by atoms with Crippen molar-refractivity contribution in [3.05, 3.63) is 35.7 Å². The number of carbonyl (C=O) groups excluding carboxylic acids is 1. The largest absolute Gasteiger partial charge is 0.377 e. The first-order valence-corrected chi connectivity index (χ1v) is 9.93. The van der Waals surface area contributed by atoms with E-state index in [9.17, 15) is 4.79 Å². The molecule has 152 valence electrons. The molecule has 0 aromatic carbocycles. The minimum atomic E-state index is -0.136. The van der Waals surface area contributed by atoms with E-state index in [1.54, 1.807) is 7.11 Å². The van der Waals surface area contributed by atoms with Crippen LogP contribution in [0.2, 0.25) is 0 Å². The zero-order chi connectivity index (χ0) is 19.6. The summed E-state index contributed by atoms with van der Waals surface area (Å²) in [4.78, 5) is 19.1. The zero-order valence-corrected chi connectivity index (χ0v) is 16.6. The van der Waals surface area contributed by atoms with Gasteiger partial charge in [-0.05, 0) is 43.7 Å². The van der Waals surface area contributed by atoms with E-state index in [-0.39, 0.29) is 11.5 Å². The summed E-state index contributed by atoms with van der Waals surface area (Å²) >= 11 is 0. The maximum Gasteiger partial charge on any atom is 0.270 e. The minimum Gasteiger partial charge on any atom is -0.377 e. The molecule has 0 radical (unpaired) electrons. The lowest BCUT2D eigenvalue weighted by molar-refractivity contribution is -0.124. The zero-order valence-electron chi connectivity index (χ0n) is 16.6. The van der Waals surface area contributed by atoms with Gasteiger partial charge in [0.1, 0.15) is 12.3 Å². The molecule has 2 aromatic heterocycles. The molecule has 2 aromatic rings. The van der Waals surface area contributed by atoms with Crippen molar-refractivity contribution in [2.24, 2.45) is 13.0 Å². The van der Waals surface area contributed by atoms with Crippen LogP contribution in [0.1, 0.15) is 47.9 Å². The number of amides is 1. The third-order valence-corrected chi connectivity index (χ3v) is 5.97. The summed E-state index contributed by atoms with van der Waals surface area (Å²) in [6.07, 6.45) is 6.39. The van der Waals surface area contributed by atoms with E-state index in [0.717, 1.165) is 57.5 Å². The van der Waals surface area contributed by atoms with Crippen molar-refractivity contribution < 1.29 is 18.8 Å². The van der Waals surface area contributed by atoms with Gasteiger partial charge in [-0.1, -0.05) is 5.16 Å². The number of hydrogen-bond donors (Lipinski definition) is 0.